The van der Waals surface area contributed by atoms with Gasteiger partial charge in [0.15, 0.2) is 5.13 Å². The van der Waals surface area contributed by atoms with Crippen LogP contribution in [-0.2, 0) is 0 Å². The van der Waals surface area contributed by atoms with Crippen molar-refractivity contribution in [3.05, 3.63) is 35.0 Å². The summed E-state index contributed by atoms with van der Waals surface area (Å²) in [5, 5.41) is 22.5. The lowest BCUT2D eigenvalue weighted by molar-refractivity contribution is -0.0494. The molecule has 0 aliphatic carbocycles. The first kappa shape index (κ1) is 27.6. The first-order valence-corrected chi connectivity index (χ1v) is 13.1. The van der Waals surface area contributed by atoms with E-state index in [4.69, 9.17) is 26.6 Å². The van der Waals surface area contributed by atoms with Crippen molar-refractivity contribution in [3.63, 3.8) is 0 Å². The number of piperidine rings is 1. The Morgan fingerprint density at radius 2 is 2.18 bits per heavy atom. The monoisotopic (exact) mass is 564 g/mol. The second kappa shape index (κ2) is 12.4. The molecule has 4 rings (SSSR count). The number of alkyl halides is 2. The third-order valence-electron chi connectivity index (χ3n) is 6.32. The van der Waals surface area contributed by atoms with Crippen molar-refractivity contribution in [2.45, 2.75) is 31.9 Å². The molecule has 3 aromatic rings. The minimum absolute atomic E-state index is 0.103. The molecule has 1 aromatic carbocycles. The largest absolute Gasteiger partial charge is 0.434 e. The number of amides is 1. The SMILES string of the molecule is CNc1[nH]ncc1C(=O)Nc1sc(N2CCC(N(C)CCC#N)CC2)nc1-c1cc(Cl)ccc1OC(F)F. The predicted molar refractivity (Wildman–Crippen MR) is 143 cm³/mol. The van der Waals surface area contributed by atoms with Crippen LogP contribution in [0.2, 0.25) is 5.02 Å². The number of anilines is 3. The van der Waals surface area contributed by atoms with Crippen molar-refractivity contribution < 1.29 is 18.3 Å². The molecule has 1 amide bonds. The van der Waals surface area contributed by atoms with Crippen LogP contribution in [0.25, 0.3) is 11.3 Å². The van der Waals surface area contributed by atoms with Crippen molar-refractivity contribution in [1.82, 2.24) is 20.1 Å². The quantitative estimate of drug-likeness (QED) is 0.318. The Kier molecular flexibility index (Phi) is 8.98. The molecule has 0 unspecified atom stereocenters. The summed E-state index contributed by atoms with van der Waals surface area (Å²) in [7, 11) is 3.67. The molecule has 1 fully saturated rings. The van der Waals surface area contributed by atoms with Gasteiger partial charge in [0, 0.05) is 49.7 Å². The van der Waals surface area contributed by atoms with Crippen LogP contribution in [0.3, 0.4) is 0 Å². The number of carbonyl (C=O) groups is 1. The van der Waals surface area contributed by atoms with E-state index >= 15 is 0 Å². The number of nitriles is 1. The zero-order valence-electron chi connectivity index (χ0n) is 20.8. The van der Waals surface area contributed by atoms with Crippen molar-refractivity contribution in [3.8, 4) is 23.1 Å². The molecule has 3 heterocycles. The Morgan fingerprint density at radius 1 is 1.42 bits per heavy atom. The average Bonchev–Trinajstić information content (AvgIpc) is 3.55. The number of halogens is 3. The van der Waals surface area contributed by atoms with Gasteiger partial charge in [-0.05, 0) is 38.1 Å². The molecule has 2 aromatic heterocycles. The molecule has 1 aliphatic rings. The predicted octanol–water partition coefficient (Wildman–Crippen LogP) is 4.90. The molecule has 0 radical (unpaired) electrons. The number of aromatic nitrogens is 3. The molecule has 3 N–H and O–H groups in total. The van der Waals surface area contributed by atoms with E-state index in [0.717, 1.165) is 12.8 Å². The van der Waals surface area contributed by atoms with E-state index in [0.29, 0.717) is 53.1 Å². The van der Waals surface area contributed by atoms with Crippen LogP contribution in [0, 0.1) is 11.3 Å². The molecule has 0 spiro atoms. The standard InChI is InChI=1S/C24H27ClF2N8O2S/c1-29-20-17(13-30-33-20)21(36)32-22-19(16-12-14(25)4-5-18(16)37-23(26)27)31-24(38-22)35-10-6-15(7-11-35)34(2)9-3-8-28/h4-5,12-13,15,23H,3,6-7,9-11H2,1-2H3,(H,32,36)(H2,29,30,33). The van der Waals surface area contributed by atoms with Gasteiger partial charge in [-0.25, -0.2) is 4.98 Å². The van der Waals surface area contributed by atoms with E-state index in [1.54, 1.807) is 7.05 Å². The van der Waals surface area contributed by atoms with Gasteiger partial charge in [0.05, 0.1) is 12.3 Å². The first-order chi connectivity index (χ1) is 18.3. The zero-order valence-corrected chi connectivity index (χ0v) is 22.4. The van der Waals surface area contributed by atoms with Gasteiger partial charge in [-0.1, -0.05) is 22.9 Å². The number of hydrogen-bond donors (Lipinski definition) is 3. The Labute approximate surface area is 227 Å². The summed E-state index contributed by atoms with van der Waals surface area (Å²) in [6.07, 6.45) is 3.61. The zero-order chi connectivity index (χ0) is 27.2. The Hall–Kier alpha value is -3.47. The van der Waals surface area contributed by atoms with Gasteiger partial charge in [-0.3, -0.25) is 9.89 Å². The summed E-state index contributed by atoms with van der Waals surface area (Å²) in [5.74, 6) is -0.120. The van der Waals surface area contributed by atoms with Gasteiger partial charge in [-0.15, -0.1) is 0 Å². The van der Waals surface area contributed by atoms with Crippen LogP contribution in [0.15, 0.2) is 24.4 Å². The smallest absolute Gasteiger partial charge is 0.387 e. The highest BCUT2D eigenvalue weighted by atomic mass is 35.5. The van der Waals surface area contributed by atoms with E-state index in [1.165, 1.54) is 35.7 Å². The molecule has 0 bridgehead atoms. The lowest BCUT2D eigenvalue weighted by Crippen LogP contribution is -2.43. The summed E-state index contributed by atoms with van der Waals surface area (Å²) < 4.78 is 31.1. The maximum atomic E-state index is 13.2. The maximum Gasteiger partial charge on any atom is 0.387 e. The lowest BCUT2D eigenvalue weighted by atomic mass is 10.0. The molecule has 38 heavy (non-hydrogen) atoms. The number of nitrogens with one attached hydrogen (secondary N) is 3. The summed E-state index contributed by atoms with van der Waals surface area (Å²) in [4.78, 5) is 22.2. The number of aromatic amines is 1. The van der Waals surface area contributed by atoms with Crippen molar-refractivity contribution in [2.75, 3.05) is 49.3 Å². The van der Waals surface area contributed by atoms with Crippen LogP contribution in [0.4, 0.5) is 24.7 Å². The summed E-state index contributed by atoms with van der Waals surface area (Å²) >= 11 is 7.45. The number of carbonyl (C=O) groups excluding carboxylic acids is 1. The summed E-state index contributed by atoms with van der Waals surface area (Å²) in [6.45, 7) is -0.914. The molecule has 1 saturated heterocycles. The van der Waals surface area contributed by atoms with Crippen molar-refractivity contribution in [2.24, 2.45) is 0 Å². The van der Waals surface area contributed by atoms with Gasteiger partial charge in [0.1, 0.15) is 27.8 Å². The van der Waals surface area contributed by atoms with Gasteiger partial charge >= 0.3 is 6.61 Å². The first-order valence-electron chi connectivity index (χ1n) is 11.9. The van der Waals surface area contributed by atoms with E-state index in [1.807, 2.05) is 7.05 Å². The van der Waals surface area contributed by atoms with Crippen LogP contribution in [-0.4, -0.2) is 72.4 Å². The molecule has 0 atom stereocenters. The molecule has 1 aliphatic heterocycles. The summed E-state index contributed by atoms with van der Waals surface area (Å²) in [5.41, 5.74) is 0.798. The molecular weight excluding hydrogens is 538 g/mol. The van der Waals surface area contributed by atoms with Gasteiger partial charge in [0.25, 0.3) is 5.91 Å². The molecule has 14 heteroatoms. The third kappa shape index (κ3) is 6.32. The third-order valence-corrected chi connectivity index (χ3v) is 7.59. The summed E-state index contributed by atoms with van der Waals surface area (Å²) in [6, 6.07) is 6.82. The molecular formula is C24H27ClF2N8O2S. The average molecular weight is 565 g/mol. The van der Waals surface area contributed by atoms with Gasteiger partial charge in [0.2, 0.25) is 0 Å². The highest BCUT2D eigenvalue weighted by molar-refractivity contribution is 7.20. The molecule has 0 saturated carbocycles. The van der Waals surface area contributed by atoms with Crippen LogP contribution >= 0.6 is 22.9 Å². The fraction of sp³-hybridized carbons (Fsp3) is 0.417. The number of hydrogen-bond acceptors (Lipinski definition) is 9. The maximum absolute atomic E-state index is 13.2. The van der Waals surface area contributed by atoms with Crippen molar-refractivity contribution in [1.29, 1.82) is 5.26 Å². The topological polar surface area (TPSA) is 122 Å². The van der Waals surface area contributed by atoms with Crippen molar-refractivity contribution >= 4 is 44.8 Å². The Bertz CT molecular complexity index is 1300. The second-order valence-electron chi connectivity index (χ2n) is 8.66. The Balaban J connectivity index is 1.65. The van der Waals surface area contributed by atoms with Crippen LogP contribution < -0.4 is 20.3 Å². The Morgan fingerprint density at radius 3 is 2.87 bits per heavy atom. The fourth-order valence-corrected chi connectivity index (χ4v) is 5.52. The highest BCUT2D eigenvalue weighted by Crippen LogP contribution is 2.43. The number of benzene rings is 1. The number of nitrogens with zero attached hydrogens (tertiary/aromatic N) is 5. The number of rotatable bonds is 10. The van der Waals surface area contributed by atoms with E-state index in [-0.39, 0.29) is 22.6 Å². The van der Waals surface area contributed by atoms with E-state index in [9.17, 15) is 13.6 Å². The van der Waals surface area contributed by atoms with Gasteiger partial charge in [-0.2, -0.15) is 19.1 Å². The fourth-order valence-electron chi connectivity index (χ4n) is 4.32. The molecule has 202 valence electrons. The minimum Gasteiger partial charge on any atom is -0.434 e. The highest BCUT2D eigenvalue weighted by Gasteiger charge is 2.28. The van der Waals surface area contributed by atoms with Crippen LogP contribution in [0.1, 0.15) is 29.6 Å². The molecule has 10 nitrogen and oxygen atoms in total. The van der Waals surface area contributed by atoms with Crippen LogP contribution in [0.5, 0.6) is 5.75 Å². The number of H-pyrrole nitrogens is 1. The van der Waals surface area contributed by atoms with Gasteiger partial charge < -0.3 is 25.2 Å². The normalized spacial score (nSPS) is 14.1. The minimum atomic E-state index is -3.05. The lowest BCUT2D eigenvalue weighted by Gasteiger charge is -2.36. The van der Waals surface area contributed by atoms with E-state index < -0.39 is 12.5 Å². The van der Waals surface area contributed by atoms with E-state index in [2.05, 4.69) is 36.7 Å². The number of ether oxygens (including phenoxy) is 1. The number of thiazole rings is 1. The second-order valence-corrected chi connectivity index (χ2v) is 10.1.